The quantitative estimate of drug-likeness (QED) is 0.118. The average Bonchev–Trinajstić information content (AvgIpc) is 3.46. The number of hydroxylamine groups is 2. The van der Waals surface area contributed by atoms with Gasteiger partial charge in [-0.15, -0.1) is 0 Å². The normalized spacial score (nSPS) is 21.1. The van der Waals surface area contributed by atoms with Crippen molar-refractivity contribution in [2.75, 3.05) is 18.9 Å². The van der Waals surface area contributed by atoms with Crippen molar-refractivity contribution < 1.29 is 37.4 Å². The van der Waals surface area contributed by atoms with E-state index in [2.05, 4.69) is 9.71 Å². The minimum atomic E-state index is -3.78. The molecule has 3 aromatic rings. The molecule has 15 heteroatoms. The topological polar surface area (TPSA) is 179 Å². The molecule has 1 aromatic carbocycles. The summed E-state index contributed by atoms with van der Waals surface area (Å²) in [7, 11) is -3.78. The summed E-state index contributed by atoms with van der Waals surface area (Å²) in [6.45, 7) is 10.8. The number of para-hydroxylation sites is 1. The zero-order valence-electron chi connectivity index (χ0n) is 31.2. The van der Waals surface area contributed by atoms with Gasteiger partial charge in [0.05, 0.1) is 47.5 Å². The number of pyridine rings is 2. The van der Waals surface area contributed by atoms with Crippen LogP contribution in [0.2, 0.25) is 0 Å². The third-order valence-corrected chi connectivity index (χ3v) is 11.8. The van der Waals surface area contributed by atoms with Crippen molar-refractivity contribution in [3.8, 4) is 11.4 Å². The lowest BCUT2D eigenvalue weighted by atomic mass is 9.80. The molecule has 0 unspecified atom stereocenters. The summed E-state index contributed by atoms with van der Waals surface area (Å²) >= 11 is 0. The summed E-state index contributed by atoms with van der Waals surface area (Å²) in [4.78, 5) is 50.1. The second-order valence-corrected chi connectivity index (χ2v) is 17.2. The molecule has 1 atom stereocenters. The number of esters is 2. The molecule has 0 amide bonds. The number of nitrogens with zero attached hydrogens (tertiary/aromatic N) is 4. The standard InChI is InChI=1S/C38H49N5O9S/c1-7-9-16-53(48,49)41-31(14-15-50-26-19-36(3,4)43(47)37(5,6)20-26)39-21-32(44)52-38(8-2)28-18-30-33-25(17-24-12-10-11-13-29(24)40-33)22-42(30)34(45)27(28)23-51-35(38)46/h10-13,17-18,26,47H,7-9,14-16,19-23H2,1-6H3,(H,39,41)/t38-/m0/s1. The number of unbranched alkanes of at least 4 members (excludes halogenated alkanes) is 1. The maximum Gasteiger partial charge on any atom is 0.355 e. The zero-order chi connectivity index (χ0) is 38.3. The lowest BCUT2D eigenvalue weighted by Gasteiger charge is -2.51. The summed E-state index contributed by atoms with van der Waals surface area (Å²) in [6, 6.07) is 11.3. The molecule has 2 aromatic heterocycles. The molecule has 5 heterocycles. The molecule has 14 nitrogen and oxygen atoms in total. The van der Waals surface area contributed by atoms with Crippen molar-refractivity contribution in [2.24, 2.45) is 4.99 Å². The van der Waals surface area contributed by atoms with Gasteiger partial charge in [-0.05, 0) is 71.6 Å². The van der Waals surface area contributed by atoms with Crippen molar-refractivity contribution in [3.05, 3.63) is 63.4 Å². The highest BCUT2D eigenvalue weighted by Gasteiger charge is 2.50. The van der Waals surface area contributed by atoms with Crippen molar-refractivity contribution in [3.63, 3.8) is 0 Å². The van der Waals surface area contributed by atoms with Crippen LogP contribution in [0.15, 0.2) is 46.2 Å². The fourth-order valence-corrected chi connectivity index (χ4v) is 9.11. The maximum atomic E-state index is 13.9. The van der Waals surface area contributed by atoms with Gasteiger partial charge in [-0.25, -0.2) is 23.0 Å². The van der Waals surface area contributed by atoms with Gasteiger partial charge in [0.1, 0.15) is 19.0 Å². The molecule has 0 saturated carbocycles. The van der Waals surface area contributed by atoms with E-state index in [1.807, 2.05) is 65.0 Å². The number of benzene rings is 1. The predicted molar refractivity (Wildman–Crippen MR) is 198 cm³/mol. The maximum absolute atomic E-state index is 13.9. The molecular weight excluding hydrogens is 703 g/mol. The van der Waals surface area contributed by atoms with E-state index in [1.165, 1.54) is 5.06 Å². The smallest absolute Gasteiger partial charge is 0.355 e. The monoisotopic (exact) mass is 751 g/mol. The van der Waals surface area contributed by atoms with Crippen molar-refractivity contribution in [1.82, 2.24) is 19.3 Å². The number of sulfonamides is 1. The number of cyclic esters (lactones) is 1. The molecule has 286 valence electrons. The fourth-order valence-electron chi connectivity index (χ4n) is 7.82. The Balaban J connectivity index is 1.24. The second kappa shape index (κ2) is 14.6. The van der Waals surface area contributed by atoms with Crippen LogP contribution in [0.4, 0.5) is 0 Å². The summed E-state index contributed by atoms with van der Waals surface area (Å²) in [5, 5.41) is 12.9. The highest BCUT2D eigenvalue weighted by Crippen LogP contribution is 2.41. The molecule has 1 saturated heterocycles. The number of ether oxygens (including phenoxy) is 3. The number of carbonyl (C=O) groups is 2. The van der Waals surface area contributed by atoms with E-state index < -0.39 is 45.2 Å². The molecule has 0 bridgehead atoms. The van der Waals surface area contributed by atoms with Crippen LogP contribution in [0.1, 0.15) is 96.8 Å². The molecule has 1 fully saturated rings. The number of aliphatic imine (C=N–C) groups is 1. The molecule has 2 N–H and O–H groups in total. The van der Waals surface area contributed by atoms with E-state index in [4.69, 9.17) is 19.2 Å². The van der Waals surface area contributed by atoms with Crippen LogP contribution in [0, 0.1) is 0 Å². The van der Waals surface area contributed by atoms with Crippen LogP contribution < -0.4 is 10.3 Å². The number of nitrogens with one attached hydrogen (secondary N) is 1. The van der Waals surface area contributed by atoms with Crippen LogP contribution in [0.25, 0.3) is 22.3 Å². The second-order valence-electron chi connectivity index (χ2n) is 15.4. The molecule has 53 heavy (non-hydrogen) atoms. The Morgan fingerprint density at radius 2 is 1.83 bits per heavy atom. The van der Waals surface area contributed by atoms with Crippen LogP contribution in [0.3, 0.4) is 0 Å². The predicted octanol–water partition coefficient (Wildman–Crippen LogP) is 4.57. The SMILES string of the molecule is CCCCS(=O)(=O)NC(CCOC1CC(C)(C)N(O)C(C)(C)C1)=NCC(=O)O[C@]1(CC)C(=O)OCc2c1cc1n(c2=O)Cc2cc3ccccc3nc2-1. The third-order valence-electron chi connectivity index (χ3n) is 10.4. The summed E-state index contributed by atoms with van der Waals surface area (Å²) in [5.41, 5.74) is -0.191. The van der Waals surface area contributed by atoms with Crippen LogP contribution >= 0.6 is 0 Å². The van der Waals surface area contributed by atoms with E-state index in [0.717, 1.165) is 16.5 Å². The Bertz CT molecular complexity index is 2110. The lowest BCUT2D eigenvalue weighted by Crippen LogP contribution is -2.60. The molecule has 6 rings (SSSR count). The number of carbonyl (C=O) groups excluding carboxylic acids is 2. The van der Waals surface area contributed by atoms with Gasteiger partial charge in [0, 0.05) is 34.0 Å². The number of rotatable bonds is 12. The molecule has 0 radical (unpaired) electrons. The van der Waals surface area contributed by atoms with Crippen LogP contribution in [0.5, 0.6) is 0 Å². The third kappa shape index (κ3) is 7.62. The molecular formula is C38H49N5O9S. The van der Waals surface area contributed by atoms with Gasteiger partial charge in [0.15, 0.2) is 0 Å². The van der Waals surface area contributed by atoms with Crippen molar-refractivity contribution in [2.45, 2.75) is 116 Å². The highest BCUT2D eigenvalue weighted by molar-refractivity contribution is 7.90. The van der Waals surface area contributed by atoms with E-state index in [9.17, 15) is 28.0 Å². The molecule has 3 aliphatic rings. The zero-order valence-corrected chi connectivity index (χ0v) is 32.0. The van der Waals surface area contributed by atoms with Gasteiger partial charge in [-0.3, -0.25) is 14.5 Å². The number of piperidine rings is 1. The van der Waals surface area contributed by atoms with E-state index in [1.54, 1.807) is 17.6 Å². The summed E-state index contributed by atoms with van der Waals surface area (Å²) < 4.78 is 47.5. The first-order chi connectivity index (χ1) is 25.0. The molecule has 0 aliphatic carbocycles. The Morgan fingerprint density at radius 1 is 1.11 bits per heavy atom. The number of amidine groups is 1. The first kappa shape index (κ1) is 38.5. The Morgan fingerprint density at radius 3 is 2.53 bits per heavy atom. The summed E-state index contributed by atoms with van der Waals surface area (Å²) in [6.07, 6.45) is 2.02. The van der Waals surface area contributed by atoms with E-state index in [-0.39, 0.29) is 60.4 Å². The first-order valence-corrected chi connectivity index (χ1v) is 19.9. The minimum Gasteiger partial charge on any atom is -0.457 e. The van der Waals surface area contributed by atoms with E-state index >= 15 is 0 Å². The number of aromatic nitrogens is 2. The van der Waals surface area contributed by atoms with Crippen LogP contribution in [-0.4, -0.2) is 82.1 Å². The van der Waals surface area contributed by atoms with Crippen LogP contribution in [-0.2, 0) is 52.6 Å². The number of hydrogen-bond acceptors (Lipinski definition) is 12. The highest BCUT2D eigenvalue weighted by atomic mass is 32.2. The largest absolute Gasteiger partial charge is 0.457 e. The lowest BCUT2D eigenvalue weighted by molar-refractivity contribution is -0.261. The van der Waals surface area contributed by atoms with Crippen molar-refractivity contribution >= 4 is 38.7 Å². The molecule has 0 spiro atoms. The van der Waals surface area contributed by atoms with Gasteiger partial charge in [0.25, 0.3) is 5.56 Å². The minimum absolute atomic E-state index is 0.0132. The fraction of sp³-hybridized carbons (Fsp3) is 0.553. The summed E-state index contributed by atoms with van der Waals surface area (Å²) in [5.74, 6) is -1.83. The van der Waals surface area contributed by atoms with E-state index in [0.29, 0.717) is 43.6 Å². The number of hydrogen-bond donors (Lipinski definition) is 2. The van der Waals surface area contributed by atoms with Gasteiger partial charge >= 0.3 is 11.9 Å². The van der Waals surface area contributed by atoms with Crippen molar-refractivity contribution in [1.29, 1.82) is 0 Å². The molecule has 3 aliphatic heterocycles. The van der Waals surface area contributed by atoms with Gasteiger partial charge in [-0.1, -0.05) is 38.5 Å². The Labute approximate surface area is 309 Å². The Hall–Kier alpha value is -4.18. The average molecular weight is 752 g/mol. The Kier molecular flexibility index (Phi) is 10.6. The van der Waals surface area contributed by atoms with Gasteiger partial charge in [-0.2, -0.15) is 5.06 Å². The number of fused-ring (bicyclic) bond motifs is 5. The first-order valence-electron chi connectivity index (χ1n) is 18.2. The van der Waals surface area contributed by atoms with Gasteiger partial charge < -0.3 is 24.0 Å². The van der Waals surface area contributed by atoms with Gasteiger partial charge in [0.2, 0.25) is 15.6 Å².